The number of carbonyl (C=O) groups excluding carboxylic acids is 2. The van der Waals surface area contributed by atoms with Crippen LogP contribution in [0.15, 0.2) is 75.1 Å². The van der Waals surface area contributed by atoms with Gasteiger partial charge in [0.05, 0.1) is 16.1 Å². The summed E-state index contributed by atoms with van der Waals surface area (Å²) in [6.45, 7) is 0. The second-order valence-electron chi connectivity index (χ2n) is 6.03. The summed E-state index contributed by atoms with van der Waals surface area (Å²) in [4.78, 5) is 25.3. The van der Waals surface area contributed by atoms with Crippen LogP contribution in [0.3, 0.4) is 0 Å². The molecule has 0 radical (unpaired) electrons. The average Bonchev–Trinajstić information content (AvgIpc) is 3.28. The van der Waals surface area contributed by atoms with Crippen LogP contribution < -0.4 is 20.7 Å². The Hall–Kier alpha value is -3.26. The molecule has 2 amide bonds. The number of hydrogen-bond acceptors (Lipinski definition) is 7. The number of carbonyl (C=O) groups is 2. The molecule has 3 aromatic rings. The summed E-state index contributed by atoms with van der Waals surface area (Å²) in [6.07, 6.45) is 0. The molecular formula is C18H16N4O6S3. The first-order chi connectivity index (χ1) is 14.6. The van der Waals surface area contributed by atoms with Gasteiger partial charge in [-0.1, -0.05) is 18.2 Å². The standard InChI is InChI=1S/C18H16N4O6S3/c19-17(23)12-7-9-13(10-8-12)30(25,26)22-20-18(24)14-4-1-2-5-15(14)21-31(27,28)16-6-3-11-29-16/h1-11,21-22H,(H2,19,23)(H,20,24). The minimum absolute atomic E-state index is 0.0293. The van der Waals surface area contributed by atoms with Gasteiger partial charge in [0, 0.05) is 5.56 Å². The molecule has 0 bridgehead atoms. The highest BCUT2D eigenvalue weighted by Crippen LogP contribution is 2.22. The van der Waals surface area contributed by atoms with Gasteiger partial charge in [-0.2, -0.15) is 0 Å². The molecule has 1 aromatic heterocycles. The highest BCUT2D eigenvalue weighted by molar-refractivity contribution is 7.94. The highest BCUT2D eigenvalue weighted by Gasteiger charge is 2.21. The van der Waals surface area contributed by atoms with Crippen LogP contribution in [0.2, 0.25) is 0 Å². The first kappa shape index (κ1) is 22.4. The number of hydrazine groups is 1. The molecule has 0 saturated carbocycles. The monoisotopic (exact) mass is 480 g/mol. The summed E-state index contributed by atoms with van der Waals surface area (Å²) in [5.74, 6) is -1.60. The number of amides is 2. The van der Waals surface area contributed by atoms with Crippen molar-refractivity contribution in [2.75, 3.05) is 4.72 Å². The van der Waals surface area contributed by atoms with Gasteiger partial charge in [-0.25, -0.2) is 16.8 Å². The molecule has 3 rings (SSSR count). The normalized spacial score (nSPS) is 11.6. The van der Waals surface area contributed by atoms with E-state index in [4.69, 9.17) is 5.73 Å². The molecule has 31 heavy (non-hydrogen) atoms. The summed E-state index contributed by atoms with van der Waals surface area (Å²) in [5.41, 5.74) is 7.14. The fraction of sp³-hybridized carbons (Fsp3) is 0. The maximum absolute atomic E-state index is 12.5. The van der Waals surface area contributed by atoms with Crippen LogP contribution in [0.1, 0.15) is 20.7 Å². The lowest BCUT2D eigenvalue weighted by molar-refractivity contribution is 0.0945. The Bertz CT molecular complexity index is 1320. The molecule has 0 saturated heterocycles. The van der Waals surface area contributed by atoms with E-state index < -0.39 is 31.9 Å². The summed E-state index contributed by atoms with van der Waals surface area (Å²) >= 11 is 1.01. The smallest absolute Gasteiger partial charge is 0.271 e. The fourth-order valence-corrected chi connectivity index (χ4v) is 5.33. The number of thiophene rings is 1. The number of nitrogens with one attached hydrogen (secondary N) is 3. The van der Waals surface area contributed by atoms with E-state index in [-0.39, 0.29) is 25.9 Å². The quantitative estimate of drug-likeness (QED) is 0.355. The number of nitrogens with two attached hydrogens (primary N) is 1. The van der Waals surface area contributed by atoms with Gasteiger partial charge in [-0.05, 0) is 47.8 Å². The molecule has 0 aliphatic carbocycles. The summed E-state index contributed by atoms with van der Waals surface area (Å²) in [6, 6.07) is 13.5. The Balaban J connectivity index is 1.76. The van der Waals surface area contributed by atoms with Crippen molar-refractivity contribution < 1.29 is 26.4 Å². The lowest BCUT2D eigenvalue weighted by Crippen LogP contribution is -2.41. The molecule has 0 spiro atoms. The van der Waals surface area contributed by atoms with E-state index >= 15 is 0 Å². The fourth-order valence-electron chi connectivity index (χ4n) is 2.42. The Kier molecular flexibility index (Phi) is 6.40. The third-order valence-corrected chi connectivity index (χ3v) is 7.95. The molecule has 2 aromatic carbocycles. The van der Waals surface area contributed by atoms with E-state index in [0.29, 0.717) is 0 Å². The number of para-hydroxylation sites is 1. The first-order valence-corrected chi connectivity index (χ1v) is 12.3. The predicted octanol–water partition coefficient (Wildman–Crippen LogP) is 1.27. The van der Waals surface area contributed by atoms with E-state index in [1.807, 2.05) is 10.3 Å². The maximum Gasteiger partial charge on any atom is 0.271 e. The van der Waals surface area contributed by atoms with Crippen molar-refractivity contribution in [3.05, 3.63) is 77.2 Å². The average molecular weight is 481 g/mol. The van der Waals surface area contributed by atoms with Gasteiger partial charge in [0.1, 0.15) is 4.21 Å². The molecule has 13 heteroatoms. The number of primary amides is 1. The van der Waals surface area contributed by atoms with Gasteiger partial charge in [0.15, 0.2) is 0 Å². The number of benzene rings is 2. The lowest BCUT2D eigenvalue weighted by atomic mass is 10.2. The Morgan fingerprint density at radius 1 is 0.839 bits per heavy atom. The zero-order valence-corrected chi connectivity index (χ0v) is 18.1. The second-order valence-corrected chi connectivity index (χ2v) is 10.6. The molecular weight excluding hydrogens is 464 g/mol. The Labute approximate surface area is 182 Å². The number of rotatable bonds is 8. The molecule has 0 atom stereocenters. The molecule has 0 unspecified atom stereocenters. The van der Waals surface area contributed by atoms with Crippen molar-refractivity contribution in [1.82, 2.24) is 10.3 Å². The zero-order valence-electron chi connectivity index (χ0n) is 15.6. The van der Waals surface area contributed by atoms with E-state index in [9.17, 15) is 26.4 Å². The van der Waals surface area contributed by atoms with Crippen LogP contribution in [0.5, 0.6) is 0 Å². The minimum Gasteiger partial charge on any atom is -0.366 e. The van der Waals surface area contributed by atoms with Crippen molar-refractivity contribution in [3.8, 4) is 0 Å². The highest BCUT2D eigenvalue weighted by atomic mass is 32.2. The summed E-state index contributed by atoms with van der Waals surface area (Å²) in [7, 11) is -8.07. The zero-order chi connectivity index (χ0) is 22.6. The van der Waals surface area contributed by atoms with Gasteiger partial charge >= 0.3 is 0 Å². The number of sulfonamides is 2. The third-order valence-electron chi connectivity index (χ3n) is 3.92. The van der Waals surface area contributed by atoms with Gasteiger partial charge in [0.2, 0.25) is 5.91 Å². The van der Waals surface area contributed by atoms with Crippen LogP contribution in [0.25, 0.3) is 0 Å². The molecule has 0 aliphatic heterocycles. The van der Waals surface area contributed by atoms with Crippen molar-refractivity contribution >= 4 is 48.9 Å². The summed E-state index contributed by atoms with van der Waals surface area (Å²) < 4.78 is 52.0. The largest absolute Gasteiger partial charge is 0.366 e. The molecule has 5 N–H and O–H groups in total. The number of anilines is 1. The van der Waals surface area contributed by atoms with Crippen LogP contribution >= 0.6 is 11.3 Å². The van der Waals surface area contributed by atoms with Crippen LogP contribution in [0, 0.1) is 0 Å². The van der Waals surface area contributed by atoms with E-state index in [1.165, 1.54) is 42.5 Å². The lowest BCUT2D eigenvalue weighted by Gasteiger charge is -2.13. The maximum atomic E-state index is 12.5. The van der Waals surface area contributed by atoms with Crippen molar-refractivity contribution in [1.29, 1.82) is 0 Å². The van der Waals surface area contributed by atoms with Crippen molar-refractivity contribution in [2.45, 2.75) is 9.10 Å². The van der Waals surface area contributed by atoms with Crippen molar-refractivity contribution in [3.63, 3.8) is 0 Å². The van der Waals surface area contributed by atoms with Gasteiger partial charge in [-0.15, -0.1) is 16.2 Å². The number of hydrogen-bond donors (Lipinski definition) is 4. The van der Waals surface area contributed by atoms with Gasteiger partial charge in [0.25, 0.3) is 26.0 Å². The van der Waals surface area contributed by atoms with Crippen LogP contribution in [-0.4, -0.2) is 28.6 Å². The second kappa shape index (κ2) is 8.85. The molecule has 0 aliphatic rings. The molecule has 162 valence electrons. The van der Waals surface area contributed by atoms with E-state index in [2.05, 4.69) is 4.72 Å². The van der Waals surface area contributed by atoms with E-state index in [0.717, 1.165) is 23.5 Å². The van der Waals surface area contributed by atoms with Gasteiger partial charge < -0.3 is 5.73 Å². The summed E-state index contributed by atoms with van der Waals surface area (Å²) in [5, 5.41) is 1.60. The van der Waals surface area contributed by atoms with Gasteiger partial charge in [-0.3, -0.25) is 19.7 Å². The first-order valence-electron chi connectivity index (χ1n) is 8.47. The van der Waals surface area contributed by atoms with E-state index in [1.54, 1.807) is 11.4 Å². The predicted molar refractivity (Wildman–Crippen MR) is 114 cm³/mol. The molecule has 10 nitrogen and oxygen atoms in total. The molecule has 1 heterocycles. The Morgan fingerprint density at radius 3 is 2.13 bits per heavy atom. The van der Waals surface area contributed by atoms with Crippen LogP contribution in [0.4, 0.5) is 5.69 Å². The Morgan fingerprint density at radius 2 is 1.52 bits per heavy atom. The van der Waals surface area contributed by atoms with Crippen LogP contribution in [-0.2, 0) is 20.0 Å². The SMILES string of the molecule is NC(=O)c1ccc(S(=O)(=O)NNC(=O)c2ccccc2NS(=O)(=O)c2cccs2)cc1. The topological polar surface area (TPSA) is 165 Å². The minimum atomic E-state index is -4.16. The van der Waals surface area contributed by atoms with Crippen molar-refractivity contribution in [2.24, 2.45) is 5.73 Å². The molecule has 0 fully saturated rings. The third kappa shape index (κ3) is 5.27.